The van der Waals surface area contributed by atoms with E-state index in [1.807, 2.05) is 0 Å². The Morgan fingerprint density at radius 3 is 2.25 bits per heavy atom. The molecule has 1 heterocycles. The number of benzene rings is 3. The molecule has 2 atom stereocenters. The zero-order chi connectivity index (χ0) is 25.8. The van der Waals surface area contributed by atoms with Crippen LogP contribution in [-0.4, -0.2) is 53.9 Å². The summed E-state index contributed by atoms with van der Waals surface area (Å²) in [4.78, 5) is 38.2. The van der Waals surface area contributed by atoms with Crippen LogP contribution in [0.25, 0.3) is 0 Å². The number of ketones is 2. The molecule has 0 aromatic heterocycles. The summed E-state index contributed by atoms with van der Waals surface area (Å²) in [6, 6.07) is 13.8. The molecule has 0 saturated carbocycles. The molecule has 1 saturated heterocycles. The Balaban J connectivity index is 1.42. The fourth-order valence-corrected chi connectivity index (χ4v) is 4.21. The van der Waals surface area contributed by atoms with Crippen LogP contribution in [0.1, 0.15) is 43.1 Å². The minimum absolute atomic E-state index is 0.0655. The molecule has 36 heavy (non-hydrogen) atoms. The second kappa shape index (κ2) is 10.6. The topological polar surface area (TPSA) is 125 Å². The van der Waals surface area contributed by atoms with E-state index in [0.29, 0.717) is 24.2 Å². The number of aromatic hydroxyl groups is 2. The maximum Gasteiger partial charge on any atom is 0.251 e. The number of hydrogen-bond acceptors (Lipinski definition) is 7. The number of phenolic OH excluding ortho intramolecular Hbond substituents is 2. The van der Waals surface area contributed by atoms with Crippen molar-refractivity contribution in [3.63, 3.8) is 0 Å². The molecular formula is C27H25FN2O6. The first-order valence-electron chi connectivity index (χ1n) is 11.3. The molecule has 1 amide bonds. The smallest absolute Gasteiger partial charge is 0.251 e. The molecule has 1 aliphatic rings. The Morgan fingerprint density at radius 1 is 0.944 bits per heavy atom. The van der Waals surface area contributed by atoms with Crippen LogP contribution in [0.3, 0.4) is 0 Å². The Kier molecular flexibility index (Phi) is 7.30. The van der Waals surface area contributed by atoms with Gasteiger partial charge in [0.05, 0.1) is 7.11 Å². The van der Waals surface area contributed by atoms with Crippen molar-refractivity contribution in [3.05, 3.63) is 88.7 Å². The van der Waals surface area contributed by atoms with E-state index in [9.17, 15) is 29.0 Å². The number of ether oxygens (including phenoxy) is 1. The van der Waals surface area contributed by atoms with Crippen LogP contribution in [-0.2, 0) is 0 Å². The van der Waals surface area contributed by atoms with E-state index < -0.39 is 22.9 Å². The van der Waals surface area contributed by atoms with Gasteiger partial charge in [-0.1, -0.05) is 24.3 Å². The van der Waals surface area contributed by atoms with Gasteiger partial charge in [-0.15, -0.1) is 0 Å². The number of amides is 1. The lowest BCUT2D eigenvalue weighted by atomic mass is 9.93. The molecule has 3 aromatic carbocycles. The van der Waals surface area contributed by atoms with Crippen molar-refractivity contribution in [2.45, 2.75) is 12.5 Å². The standard InChI is InChI=1S/C27H25FN2O6/c1-36-23-11-10-21(32)24(25(23)28)26(34)16-4-2-15(3-5-16)22(33)12-18-13-29-14-20(18)30-27(35)17-6-8-19(31)9-7-17/h2-11,18,20,29,31-32H,12-14H2,1H3,(H,30,35)/t18-,20-/m1/s1. The third-order valence-electron chi connectivity index (χ3n) is 6.23. The van der Waals surface area contributed by atoms with E-state index in [-0.39, 0.29) is 47.1 Å². The van der Waals surface area contributed by atoms with Crippen molar-refractivity contribution in [2.75, 3.05) is 20.2 Å². The first-order valence-corrected chi connectivity index (χ1v) is 11.3. The van der Waals surface area contributed by atoms with Crippen LogP contribution in [0.15, 0.2) is 60.7 Å². The summed E-state index contributed by atoms with van der Waals surface area (Å²) >= 11 is 0. The molecule has 4 N–H and O–H groups in total. The number of Topliss-reactive ketones (excluding diaryl/α,β-unsaturated/α-hetero) is 1. The lowest BCUT2D eigenvalue weighted by Gasteiger charge is -2.19. The summed E-state index contributed by atoms with van der Waals surface area (Å²) in [5.74, 6) is -2.90. The number of carbonyl (C=O) groups excluding carboxylic acids is 3. The number of rotatable bonds is 8. The molecular weight excluding hydrogens is 467 g/mol. The summed E-state index contributed by atoms with van der Waals surface area (Å²) in [6.45, 7) is 1.07. The van der Waals surface area contributed by atoms with E-state index in [1.54, 1.807) is 0 Å². The quantitative estimate of drug-likeness (QED) is 0.356. The van der Waals surface area contributed by atoms with E-state index in [1.165, 1.54) is 67.8 Å². The predicted octanol–water partition coefficient (Wildman–Crippen LogP) is 3.07. The molecule has 186 valence electrons. The predicted molar refractivity (Wildman–Crippen MR) is 129 cm³/mol. The van der Waals surface area contributed by atoms with Crippen molar-refractivity contribution in [1.29, 1.82) is 0 Å². The highest BCUT2D eigenvalue weighted by molar-refractivity contribution is 6.11. The van der Waals surface area contributed by atoms with Gasteiger partial charge < -0.3 is 25.6 Å². The summed E-state index contributed by atoms with van der Waals surface area (Å²) in [6.07, 6.45) is 0.173. The normalized spacial score (nSPS) is 16.9. The highest BCUT2D eigenvalue weighted by atomic mass is 19.1. The average Bonchev–Trinajstić information content (AvgIpc) is 3.30. The Labute approximate surface area is 206 Å². The zero-order valence-corrected chi connectivity index (χ0v) is 19.5. The molecule has 0 radical (unpaired) electrons. The van der Waals surface area contributed by atoms with Crippen LogP contribution < -0.4 is 15.4 Å². The third kappa shape index (κ3) is 5.21. The first kappa shape index (κ1) is 24.9. The minimum Gasteiger partial charge on any atom is -0.508 e. The average molecular weight is 493 g/mol. The van der Waals surface area contributed by atoms with Gasteiger partial charge in [0.15, 0.2) is 23.1 Å². The maximum absolute atomic E-state index is 14.6. The van der Waals surface area contributed by atoms with Gasteiger partial charge in [0.1, 0.15) is 17.1 Å². The Bertz CT molecular complexity index is 1290. The number of halogens is 1. The summed E-state index contributed by atoms with van der Waals surface area (Å²) in [7, 11) is 1.26. The van der Waals surface area contributed by atoms with Gasteiger partial charge in [-0.25, -0.2) is 4.39 Å². The Hall–Kier alpha value is -4.24. The number of phenols is 2. The minimum atomic E-state index is -0.961. The molecule has 0 unspecified atom stereocenters. The van der Waals surface area contributed by atoms with Crippen LogP contribution in [0.5, 0.6) is 17.2 Å². The molecule has 3 aromatic rings. The van der Waals surface area contributed by atoms with E-state index in [0.717, 1.165) is 0 Å². The second-order valence-corrected chi connectivity index (χ2v) is 8.55. The molecule has 0 spiro atoms. The van der Waals surface area contributed by atoms with Crippen molar-refractivity contribution in [3.8, 4) is 17.2 Å². The lowest BCUT2D eigenvalue weighted by molar-refractivity contribution is 0.0902. The van der Waals surface area contributed by atoms with Gasteiger partial charge in [-0.05, 0) is 36.4 Å². The number of hydrogen-bond donors (Lipinski definition) is 4. The number of nitrogens with one attached hydrogen (secondary N) is 2. The Morgan fingerprint density at radius 2 is 1.58 bits per heavy atom. The summed E-state index contributed by atoms with van der Waals surface area (Å²) < 4.78 is 19.4. The number of methoxy groups -OCH3 is 1. The first-order chi connectivity index (χ1) is 17.3. The molecule has 4 rings (SSSR count). The van der Waals surface area contributed by atoms with Crippen molar-refractivity contribution < 1.29 is 33.7 Å². The van der Waals surface area contributed by atoms with Crippen molar-refractivity contribution in [2.24, 2.45) is 5.92 Å². The monoisotopic (exact) mass is 492 g/mol. The van der Waals surface area contributed by atoms with E-state index >= 15 is 0 Å². The lowest BCUT2D eigenvalue weighted by Crippen LogP contribution is -2.40. The molecule has 8 nitrogen and oxygen atoms in total. The SMILES string of the molecule is COc1ccc(O)c(C(=O)c2ccc(C(=O)C[C@@H]3CNC[C@H]3NC(=O)c3ccc(O)cc3)cc2)c1F. The van der Waals surface area contributed by atoms with Gasteiger partial charge >= 0.3 is 0 Å². The van der Waals surface area contributed by atoms with Crippen LogP contribution >= 0.6 is 0 Å². The van der Waals surface area contributed by atoms with Gasteiger partial charge in [0.2, 0.25) is 0 Å². The van der Waals surface area contributed by atoms with E-state index in [4.69, 9.17) is 4.74 Å². The highest BCUT2D eigenvalue weighted by Crippen LogP contribution is 2.30. The maximum atomic E-state index is 14.6. The van der Waals surface area contributed by atoms with Gasteiger partial charge in [-0.2, -0.15) is 0 Å². The summed E-state index contributed by atoms with van der Waals surface area (Å²) in [5, 5.41) is 25.5. The molecule has 1 aliphatic heterocycles. The molecule has 0 bridgehead atoms. The third-order valence-corrected chi connectivity index (χ3v) is 6.23. The number of carbonyl (C=O) groups is 3. The fraction of sp³-hybridized carbons (Fsp3) is 0.222. The van der Waals surface area contributed by atoms with Crippen LogP contribution in [0, 0.1) is 11.7 Å². The van der Waals surface area contributed by atoms with Crippen molar-refractivity contribution >= 4 is 17.5 Å². The van der Waals surface area contributed by atoms with Crippen LogP contribution in [0.4, 0.5) is 4.39 Å². The zero-order valence-electron chi connectivity index (χ0n) is 19.5. The van der Waals surface area contributed by atoms with Gasteiger partial charge in [0, 0.05) is 48.2 Å². The molecule has 1 fully saturated rings. The van der Waals surface area contributed by atoms with Crippen LogP contribution in [0.2, 0.25) is 0 Å². The largest absolute Gasteiger partial charge is 0.508 e. The molecule has 9 heteroatoms. The van der Waals surface area contributed by atoms with E-state index in [2.05, 4.69) is 10.6 Å². The van der Waals surface area contributed by atoms with Gasteiger partial charge in [-0.3, -0.25) is 14.4 Å². The fourth-order valence-electron chi connectivity index (χ4n) is 4.21. The molecule has 0 aliphatic carbocycles. The highest BCUT2D eigenvalue weighted by Gasteiger charge is 2.31. The summed E-state index contributed by atoms with van der Waals surface area (Å²) in [5.41, 5.74) is 0.384. The van der Waals surface area contributed by atoms with Gasteiger partial charge in [0.25, 0.3) is 5.91 Å². The second-order valence-electron chi connectivity index (χ2n) is 8.55. The van der Waals surface area contributed by atoms with Crippen molar-refractivity contribution in [1.82, 2.24) is 10.6 Å².